The molecule has 35 heavy (non-hydrogen) atoms. The van der Waals surface area contributed by atoms with Crippen LogP contribution in [0.4, 0.5) is 0 Å². The van der Waals surface area contributed by atoms with Crippen molar-refractivity contribution in [1.82, 2.24) is 20.9 Å². The zero-order valence-electron chi connectivity index (χ0n) is 19.9. The molecule has 1 aliphatic heterocycles. The van der Waals surface area contributed by atoms with Crippen LogP contribution in [0.5, 0.6) is 0 Å². The van der Waals surface area contributed by atoms with E-state index >= 15 is 0 Å². The lowest BCUT2D eigenvalue weighted by molar-refractivity contribution is -0.146. The number of benzene rings is 1. The van der Waals surface area contributed by atoms with Gasteiger partial charge in [0.2, 0.25) is 11.8 Å². The summed E-state index contributed by atoms with van der Waals surface area (Å²) in [5.74, 6) is -0.952. The number of esters is 1. The number of amides is 3. The van der Waals surface area contributed by atoms with E-state index in [2.05, 4.69) is 27.0 Å². The van der Waals surface area contributed by atoms with Crippen molar-refractivity contribution in [1.29, 1.82) is 0 Å². The maximum absolute atomic E-state index is 13.2. The molecular weight excluding hydrogens is 448 g/mol. The topological polar surface area (TPSA) is 129 Å². The molecule has 2 aromatic rings. The molecule has 186 valence electrons. The third-order valence-corrected chi connectivity index (χ3v) is 7.33. The van der Waals surface area contributed by atoms with E-state index in [1.807, 2.05) is 18.2 Å². The zero-order chi connectivity index (χ0) is 24.5. The van der Waals surface area contributed by atoms with Crippen LogP contribution in [0.1, 0.15) is 66.9 Å². The fourth-order valence-corrected chi connectivity index (χ4v) is 4.99. The van der Waals surface area contributed by atoms with Crippen LogP contribution in [0.2, 0.25) is 0 Å². The van der Waals surface area contributed by atoms with Crippen molar-refractivity contribution in [2.75, 3.05) is 13.7 Å². The minimum atomic E-state index is -0.950. The second kappa shape index (κ2) is 9.71. The van der Waals surface area contributed by atoms with Gasteiger partial charge in [-0.1, -0.05) is 25.0 Å². The minimum absolute atomic E-state index is 0.125. The number of H-pyrrole nitrogens is 1. The molecule has 1 saturated heterocycles. The highest BCUT2D eigenvalue weighted by molar-refractivity contribution is 6.01. The molecule has 1 aromatic heterocycles. The van der Waals surface area contributed by atoms with Crippen LogP contribution in [-0.4, -0.2) is 54.4 Å². The summed E-state index contributed by atoms with van der Waals surface area (Å²) in [6.07, 6.45) is 5.63. The maximum Gasteiger partial charge on any atom is 0.328 e. The Morgan fingerprint density at radius 2 is 1.86 bits per heavy atom. The van der Waals surface area contributed by atoms with Gasteiger partial charge < -0.3 is 25.7 Å². The van der Waals surface area contributed by atoms with E-state index in [0.29, 0.717) is 36.9 Å². The molecule has 2 heterocycles. The SMILES string of the molecule is COC(=O)[C@H](C[C@@H]1CCNC1=O)NC(=O)[C@H](CC1CC1)NC(=O)c1cc2c(C3CC3)cccc2[nH]1. The molecule has 0 radical (unpaired) electrons. The Balaban J connectivity index is 1.30. The molecule has 3 fully saturated rings. The first-order valence-corrected chi connectivity index (χ1v) is 12.5. The van der Waals surface area contributed by atoms with Gasteiger partial charge in [0.15, 0.2) is 0 Å². The fraction of sp³-hybridized carbons (Fsp3) is 0.538. The predicted molar refractivity (Wildman–Crippen MR) is 129 cm³/mol. The molecule has 0 spiro atoms. The van der Waals surface area contributed by atoms with Crippen molar-refractivity contribution in [3.8, 4) is 0 Å². The van der Waals surface area contributed by atoms with Crippen LogP contribution in [0, 0.1) is 11.8 Å². The number of nitrogens with one attached hydrogen (secondary N) is 4. The number of aromatic amines is 1. The number of methoxy groups -OCH3 is 1. The van der Waals surface area contributed by atoms with Gasteiger partial charge in [-0.15, -0.1) is 0 Å². The van der Waals surface area contributed by atoms with Gasteiger partial charge in [-0.2, -0.15) is 0 Å². The van der Waals surface area contributed by atoms with Gasteiger partial charge in [0.05, 0.1) is 7.11 Å². The van der Waals surface area contributed by atoms with E-state index < -0.39 is 24.0 Å². The molecule has 3 amide bonds. The van der Waals surface area contributed by atoms with Crippen molar-refractivity contribution in [2.45, 2.75) is 62.9 Å². The summed E-state index contributed by atoms with van der Waals surface area (Å²) in [5, 5.41) is 9.42. The predicted octanol–water partition coefficient (Wildman–Crippen LogP) is 2.13. The molecule has 9 heteroatoms. The minimum Gasteiger partial charge on any atom is -0.467 e. The third kappa shape index (κ3) is 5.33. The Hall–Kier alpha value is -3.36. The molecular formula is C26H32N4O5. The summed E-state index contributed by atoms with van der Waals surface area (Å²) in [4.78, 5) is 54.0. The summed E-state index contributed by atoms with van der Waals surface area (Å²) in [6.45, 7) is 0.554. The number of fused-ring (bicyclic) bond motifs is 1. The van der Waals surface area contributed by atoms with E-state index in [9.17, 15) is 19.2 Å². The lowest BCUT2D eigenvalue weighted by Gasteiger charge is -2.23. The Labute approximate surface area is 203 Å². The van der Waals surface area contributed by atoms with Gasteiger partial charge in [-0.05, 0) is 61.6 Å². The Morgan fingerprint density at radius 1 is 1.06 bits per heavy atom. The van der Waals surface area contributed by atoms with Crippen LogP contribution >= 0.6 is 0 Å². The Bertz CT molecular complexity index is 1150. The van der Waals surface area contributed by atoms with Crippen LogP contribution in [0.3, 0.4) is 0 Å². The molecule has 1 aromatic carbocycles. The molecule has 5 rings (SSSR count). The van der Waals surface area contributed by atoms with Gasteiger partial charge in [0.25, 0.3) is 5.91 Å². The molecule has 2 aliphatic carbocycles. The largest absolute Gasteiger partial charge is 0.467 e. The summed E-state index contributed by atoms with van der Waals surface area (Å²) in [5.41, 5.74) is 2.57. The van der Waals surface area contributed by atoms with Crippen LogP contribution < -0.4 is 16.0 Å². The number of aromatic nitrogens is 1. The summed E-state index contributed by atoms with van der Waals surface area (Å²) in [7, 11) is 1.26. The van der Waals surface area contributed by atoms with Gasteiger partial charge >= 0.3 is 5.97 Å². The average Bonchev–Trinajstić information content (AvgIpc) is 3.78. The quantitative estimate of drug-likeness (QED) is 0.387. The maximum atomic E-state index is 13.2. The van der Waals surface area contributed by atoms with Crippen molar-refractivity contribution in [2.24, 2.45) is 11.8 Å². The lowest BCUT2D eigenvalue weighted by atomic mass is 9.97. The van der Waals surface area contributed by atoms with Crippen molar-refractivity contribution in [3.63, 3.8) is 0 Å². The molecule has 0 bridgehead atoms. The van der Waals surface area contributed by atoms with Gasteiger partial charge in [-0.3, -0.25) is 14.4 Å². The van der Waals surface area contributed by atoms with Crippen LogP contribution in [-0.2, 0) is 19.1 Å². The van der Waals surface area contributed by atoms with Crippen molar-refractivity contribution in [3.05, 3.63) is 35.5 Å². The van der Waals surface area contributed by atoms with E-state index in [4.69, 9.17) is 4.74 Å². The van der Waals surface area contributed by atoms with Gasteiger partial charge in [0.1, 0.15) is 17.8 Å². The number of ether oxygens (including phenoxy) is 1. The lowest BCUT2D eigenvalue weighted by Crippen LogP contribution is -2.52. The highest BCUT2D eigenvalue weighted by Gasteiger charge is 2.36. The second-order valence-electron chi connectivity index (χ2n) is 10.1. The first-order chi connectivity index (χ1) is 16.9. The Morgan fingerprint density at radius 3 is 2.51 bits per heavy atom. The number of carbonyl (C=O) groups is 4. The molecule has 0 unspecified atom stereocenters. The highest BCUT2D eigenvalue weighted by atomic mass is 16.5. The standard InChI is InChI=1S/C26H32N4O5/c1-35-26(34)22(12-16-9-10-27-23(16)31)30-24(32)20(11-14-5-6-14)29-25(33)21-13-18-17(15-7-8-15)3-2-4-19(18)28-21/h2-4,13-16,20,22,28H,5-12H2,1H3,(H,27,31)(H,29,33)(H,30,32)/t16-,20-,22-/m0/s1. The summed E-state index contributed by atoms with van der Waals surface area (Å²) < 4.78 is 4.87. The van der Waals surface area contributed by atoms with E-state index in [1.165, 1.54) is 25.5 Å². The second-order valence-corrected chi connectivity index (χ2v) is 10.1. The van der Waals surface area contributed by atoms with Gasteiger partial charge in [0, 0.05) is 23.4 Å². The number of carbonyl (C=O) groups excluding carboxylic acids is 4. The van der Waals surface area contributed by atoms with Crippen molar-refractivity contribution >= 4 is 34.6 Å². The monoisotopic (exact) mass is 480 g/mol. The molecule has 4 N–H and O–H groups in total. The van der Waals surface area contributed by atoms with Crippen LogP contribution in [0.15, 0.2) is 24.3 Å². The summed E-state index contributed by atoms with van der Waals surface area (Å²) >= 11 is 0. The third-order valence-electron chi connectivity index (χ3n) is 7.33. The summed E-state index contributed by atoms with van der Waals surface area (Å²) in [6, 6.07) is 6.18. The smallest absolute Gasteiger partial charge is 0.328 e. The van der Waals surface area contributed by atoms with Gasteiger partial charge in [-0.25, -0.2) is 4.79 Å². The van der Waals surface area contributed by atoms with E-state index in [1.54, 1.807) is 0 Å². The first kappa shape index (κ1) is 23.4. The number of rotatable bonds is 10. The Kier molecular flexibility index (Phi) is 6.49. The normalized spacial score (nSPS) is 21.3. The highest BCUT2D eigenvalue weighted by Crippen LogP contribution is 2.43. The molecule has 3 atom stereocenters. The molecule has 3 aliphatic rings. The van der Waals surface area contributed by atoms with E-state index in [-0.39, 0.29) is 24.2 Å². The molecule has 2 saturated carbocycles. The molecule has 9 nitrogen and oxygen atoms in total. The first-order valence-electron chi connectivity index (χ1n) is 12.5. The van der Waals surface area contributed by atoms with Crippen LogP contribution in [0.25, 0.3) is 10.9 Å². The number of hydrogen-bond donors (Lipinski definition) is 4. The van der Waals surface area contributed by atoms with E-state index in [0.717, 1.165) is 23.7 Å². The number of hydrogen-bond acceptors (Lipinski definition) is 5. The average molecular weight is 481 g/mol. The van der Waals surface area contributed by atoms with Crippen molar-refractivity contribution < 1.29 is 23.9 Å². The zero-order valence-corrected chi connectivity index (χ0v) is 19.9. The fourth-order valence-electron chi connectivity index (χ4n) is 4.99.